The summed E-state index contributed by atoms with van der Waals surface area (Å²) in [4.78, 5) is 37.2. The molecule has 1 heterocycles. The van der Waals surface area contributed by atoms with Gasteiger partial charge >= 0.3 is 5.97 Å². The number of rotatable bonds is 15. The number of amides is 1. The summed E-state index contributed by atoms with van der Waals surface area (Å²) in [5, 5.41) is 23.3. The second kappa shape index (κ2) is 14.6. The highest BCUT2D eigenvalue weighted by atomic mass is 35.5. The number of alkyl halides is 1. The van der Waals surface area contributed by atoms with Crippen LogP contribution in [-0.4, -0.2) is 60.9 Å². The smallest absolute Gasteiger partial charge is 0.336 e. The number of ether oxygens (including phenoxy) is 2. The monoisotopic (exact) mass is 581 g/mol. The molecule has 3 N–H and O–H groups in total. The number of phenolic OH excluding ortho intramolecular Hbond substituents is 1. The lowest BCUT2D eigenvalue weighted by Gasteiger charge is -2.17. The highest BCUT2D eigenvalue weighted by Gasteiger charge is 2.23. The van der Waals surface area contributed by atoms with E-state index in [1.807, 2.05) is 0 Å². The molecular formula is C31H32ClNO8. The summed E-state index contributed by atoms with van der Waals surface area (Å²) in [7, 11) is 0. The molecule has 2 aromatic rings. The maximum atomic E-state index is 13.0. The molecule has 0 unspecified atom stereocenters. The lowest BCUT2D eigenvalue weighted by molar-refractivity contribution is 0.0468. The summed E-state index contributed by atoms with van der Waals surface area (Å²) in [6.45, 7) is 2.11. The van der Waals surface area contributed by atoms with Crippen LogP contribution in [0.5, 0.6) is 5.75 Å². The Morgan fingerprint density at radius 3 is 2.41 bits per heavy atom. The van der Waals surface area contributed by atoms with Gasteiger partial charge in [0.15, 0.2) is 5.43 Å². The van der Waals surface area contributed by atoms with Gasteiger partial charge in [-0.25, -0.2) is 4.79 Å². The third-order valence-electron chi connectivity index (χ3n) is 6.53. The molecule has 4 rings (SSSR count). The summed E-state index contributed by atoms with van der Waals surface area (Å²) in [6, 6.07) is 13.0. The minimum Gasteiger partial charge on any atom is -0.508 e. The highest BCUT2D eigenvalue weighted by Crippen LogP contribution is 2.42. The number of carboxylic acids is 1. The van der Waals surface area contributed by atoms with Crippen LogP contribution < -0.4 is 10.7 Å². The molecule has 0 fully saturated rings. The van der Waals surface area contributed by atoms with Crippen LogP contribution in [0, 0.1) is 0 Å². The number of carbonyl (C=O) groups is 2. The van der Waals surface area contributed by atoms with Crippen LogP contribution in [0.15, 0.2) is 63.8 Å². The van der Waals surface area contributed by atoms with Crippen molar-refractivity contribution in [1.29, 1.82) is 0 Å². The van der Waals surface area contributed by atoms with Crippen molar-refractivity contribution in [3.8, 4) is 28.2 Å². The van der Waals surface area contributed by atoms with Gasteiger partial charge in [0, 0.05) is 53.2 Å². The van der Waals surface area contributed by atoms with Gasteiger partial charge in [0.25, 0.3) is 5.91 Å². The van der Waals surface area contributed by atoms with E-state index < -0.39 is 11.9 Å². The van der Waals surface area contributed by atoms with E-state index in [1.54, 1.807) is 12.1 Å². The van der Waals surface area contributed by atoms with Gasteiger partial charge in [-0.1, -0.05) is 12.8 Å². The quantitative estimate of drug-likeness (QED) is 0.0947. The summed E-state index contributed by atoms with van der Waals surface area (Å²) < 4.78 is 16.9. The zero-order valence-electron chi connectivity index (χ0n) is 22.5. The molecular weight excluding hydrogens is 550 g/mol. The van der Waals surface area contributed by atoms with E-state index in [2.05, 4.69) is 5.32 Å². The number of aromatic hydroxyl groups is 1. The molecule has 1 aliphatic heterocycles. The van der Waals surface area contributed by atoms with Crippen molar-refractivity contribution in [2.75, 3.05) is 38.9 Å². The van der Waals surface area contributed by atoms with Crippen molar-refractivity contribution in [3.05, 3.63) is 75.9 Å². The van der Waals surface area contributed by atoms with Crippen LogP contribution in [0.2, 0.25) is 0 Å². The summed E-state index contributed by atoms with van der Waals surface area (Å²) >= 11 is 5.66. The first-order valence-corrected chi connectivity index (χ1v) is 14.0. The van der Waals surface area contributed by atoms with Gasteiger partial charge in [-0.15, -0.1) is 11.6 Å². The van der Waals surface area contributed by atoms with Gasteiger partial charge in [-0.3, -0.25) is 9.59 Å². The zero-order valence-corrected chi connectivity index (χ0v) is 23.2. The predicted octanol–water partition coefficient (Wildman–Crippen LogP) is 5.53. The number of phenols is 1. The van der Waals surface area contributed by atoms with Gasteiger partial charge in [0.05, 0.1) is 25.4 Å². The van der Waals surface area contributed by atoms with Crippen molar-refractivity contribution >= 4 is 34.4 Å². The Balaban J connectivity index is 1.47. The fourth-order valence-electron chi connectivity index (χ4n) is 4.54. The highest BCUT2D eigenvalue weighted by molar-refractivity contribution is 6.17. The largest absolute Gasteiger partial charge is 0.508 e. The second-order valence-corrected chi connectivity index (χ2v) is 9.84. The van der Waals surface area contributed by atoms with E-state index in [0.29, 0.717) is 48.8 Å². The summed E-state index contributed by atoms with van der Waals surface area (Å²) in [6.07, 6.45) is 4.20. The number of aromatic carboxylic acids is 1. The standard InChI is InChI=1S/C31H32ClNO8/c32-11-3-1-2-4-13-39-15-16-40-14-12-33-30(36)20-5-8-23(31(37)38)26(17-20)29-24-9-6-21(34)18-27(24)41-28-19-22(35)7-10-25(28)29/h5-10,17-19,34H,1-4,11-16H2,(H,33,36)(H,37,38). The van der Waals surface area contributed by atoms with E-state index >= 15 is 0 Å². The van der Waals surface area contributed by atoms with Gasteiger partial charge in [-0.2, -0.15) is 0 Å². The molecule has 0 atom stereocenters. The topological polar surface area (TPSA) is 135 Å². The van der Waals surface area contributed by atoms with Crippen molar-refractivity contribution in [2.45, 2.75) is 25.7 Å². The molecule has 0 spiro atoms. The average molecular weight is 582 g/mol. The average Bonchev–Trinajstić information content (AvgIpc) is 2.95. The van der Waals surface area contributed by atoms with E-state index in [4.69, 9.17) is 25.5 Å². The van der Waals surface area contributed by atoms with Gasteiger partial charge in [0.1, 0.15) is 17.1 Å². The first-order valence-electron chi connectivity index (χ1n) is 13.5. The Kier molecular flexibility index (Phi) is 10.7. The van der Waals surface area contributed by atoms with E-state index in [1.165, 1.54) is 42.5 Å². The number of hydrogen-bond donors (Lipinski definition) is 3. The Morgan fingerprint density at radius 2 is 1.63 bits per heavy atom. The maximum absolute atomic E-state index is 13.0. The third kappa shape index (κ3) is 7.85. The molecule has 41 heavy (non-hydrogen) atoms. The number of hydrogen-bond acceptors (Lipinski definition) is 7. The van der Waals surface area contributed by atoms with E-state index in [0.717, 1.165) is 25.7 Å². The van der Waals surface area contributed by atoms with Crippen molar-refractivity contribution in [2.24, 2.45) is 0 Å². The number of halogens is 1. The van der Waals surface area contributed by atoms with Gasteiger partial charge in [0.2, 0.25) is 0 Å². The molecule has 0 saturated heterocycles. The molecule has 10 heteroatoms. The molecule has 9 nitrogen and oxygen atoms in total. The number of carboxylic acid groups (broad SMARTS) is 1. The Hall–Kier alpha value is -3.92. The normalized spacial score (nSPS) is 11.2. The summed E-state index contributed by atoms with van der Waals surface area (Å²) in [5.41, 5.74) is 1.43. The van der Waals surface area contributed by atoms with Crippen molar-refractivity contribution in [1.82, 2.24) is 5.32 Å². The molecule has 0 radical (unpaired) electrons. The van der Waals surface area contributed by atoms with Crippen LogP contribution in [0.4, 0.5) is 0 Å². The Bertz CT molecular complexity index is 1530. The second-order valence-electron chi connectivity index (χ2n) is 9.46. The van der Waals surface area contributed by atoms with Crippen LogP contribution in [-0.2, 0) is 9.47 Å². The molecule has 2 aromatic carbocycles. The van der Waals surface area contributed by atoms with Crippen LogP contribution >= 0.6 is 11.6 Å². The molecule has 216 valence electrons. The lowest BCUT2D eigenvalue weighted by Crippen LogP contribution is -2.27. The number of benzene rings is 3. The van der Waals surface area contributed by atoms with Crippen LogP contribution in [0.3, 0.4) is 0 Å². The molecule has 0 aromatic heterocycles. The van der Waals surface area contributed by atoms with Crippen molar-refractivity contribution in [3.63, 3.8) is 0 Å². The predicted molar refractivity (Wildman–Crippen MR) is 156 cm³/mol. The molecule has 1 amide bonds. The molecule has 1 aliphatic carbocycles. The summed E-state index contributed by atoms with van der Waals surface area (Å²) in [5.74, 6) is -0.714. The number of unbranched alkanes of at least 4 members (excludes halogenated alkanes) is 3. The first-order chi connectivity index (χ1) is 19.9. The fraction of sp³-hybridized carbons (Fsp3) is 0.323. The maximum Gasteiger partial charge on any atom is 0.336 e. The zero-order chi connectivity index (χ0) is 29.2. The number of nitrogens with one attached hydrogen (secondary N) is 1. The Labute approximate surface area is 242 Å². The molecule has 2 aliphatic rings. The van der Waals surface area contributed by atoms with Gasteiger partial charge < -0.3 is 29.4 Å². The SMILES string of the molecule is O=C(NCCOCCOCCCCCCCl)c1ccc(C(=O)O)c(-c2c3ccc(=O)cc-3oc3cc(O)ccc23)c1. The fourth-order valence-corrected chi connectivity index (χ4v) is 4.73. The van der Waals surface area contributed by atoms with E-state index in [9.17, 15) is 24.6 Å². The number of carbonyl (C=O) groups excluding carboxylic acids is 1. The first kappa shape index (κ1) is 30.0. The molecule has 0 bridgehead atoms. The molecule has 0 saturated carbocycles. The van der Waals surface area contributed by atoms with Crippen LogP contribution in [0.25, 0.3) is 33.4 Å². The van der Waals surface area contributed by atoms with E-state index in [-0.39, 0.29) is 45.8 Å². The van der Waals surface area contributed by atoms with Crippen molar-refractivity contribution < 1.29 is 33.7 Å². The third-order valence-corrected chi connectivity index (χ3v) is 6.80. The lowest BCUT2D eigenvalue weighted by atomic mass is 9.89. The minimum absolute atomic E-state index is 0.0305. The van der Waals surface area contributed by atoms with Crippen LogP contribution in [0.1, 0.15) is 46.4 Å². The minimum atomic E-state index is -1.18. The number of fused-ring (bicyclic) bond motifs is 2. The Morgan fingerprint density at radius 1 is 0.854 bits per heavy atom. The van der Waals surface area contributed by atoms with Gasteiger partial charge in [-0.05, 0) is 60.9 Å².